The third-order valence-corrected chi connectivity index (χ3v) is 5.31. The van der Waals surface area contributed by atoms with Crippen molar-refractivity contribution in [3.63, 3.8) is 0 Å². The number of thioether (sulfide) groups is 1. The molecular formula is C16H17N5OS2. The summed E-state index contributed by atoms with van der Waals surface area (Å²) in [6, 6.07) is 8.04. The number of benzene rings is 1. The van der Waals surface area contributed by atoms with Gasteiger partial charge in [0.1, 0.15) is 0 Å². The van der Waals surface area contributed by atoms with Crippen LogP contribution in [0.2, 0.25) is 0 Å². The molecule has 0 radical (unpaired) electrons. The summed E-state index contributed by atoms with van der Waals surface area (Å²) in [5.41, 5.74) is 3.09. The third kappa shape index (κ3) is 3.65. The van der Waals surface area contributed by atoms with Crippen molar-refractivity contribution < 1.29 is 4.79 Å². The van der Waals surface area contributed by atoms with E-state index in [0.717, 1.165) is 22.6 Å². The smallest absolute Gasteiger partial charge is 0.236 e. The van der Waals surface area contributed by atoms with Crippen molar-refractivity contribution in [3.8, 4) is 11.4 Å². The maximum absolute atomic E-state index is 12.0. The van der Waals surface area contributed by atoms with Crippen molar-refractivity contribution >= 4 is 34.1 Å². The minimum atomic E-state index is -0.102. The Morgan fingerprint density at radius 1 is 1.29 bits per heavy atom. The molecule has 6 nitrogen and oxygen atoms in total. The first kappa shape index (κ1) is 16.7. The molecule has 0 aliphatic rings. The van der Waals surface area contributed by atoms with Gasteiger partial charge >= 0.3 is 0 Å². The highest BCUT2D eigenvalue weighted by atomic mass is 32.2. The summed E-state index contributed by atoms with van der Waals surface area (Å²) < 4.78 is 1.91. The lowest BCUT2D eigenvalue weighted by Gasteiger charge is -2.06. The van der Waals surface area contributed by atoms with Crippen LogP contribution < -0.4 is 5.32 Å². The van der Waals surface area contributed by atoms with Crippen molar-refractivity contribution in [2.24, 2.45) is 7.05 Å². The zero-order valence-electron chi connectivity index (χ0n) is 13.6. The van der Waals surface area contributed by atoms with Gasteiger partial charge in [0.05, 0.1) is 11.4 Å². The van der Waals surface area contributed by atoms with Gasteiger partial charge in [-0.05, 0) is 19.4 Å². The van der Waals surface area contributed by atoms with Crippen LogP contribution in [0.4, 0.5) is 5.13 Å². The number of aromatic nitrogens is 4. The van der Waals surface area contributed by atoms with Crippen LogP contribution in [0.15, 0.2) is 34.8 Å². The lowest BCUT2D eigenvalue weighted by molar-refractivity contribution is -0.113. The second-order valence-electron chi connectivity index (χ2n) is 5.31. The summed E-state index contributed by atoms with van der Waals surface area (Å²) in [6.45, 7) is 3.94. The Balaban J connectivity index is 1.66. The number of amides is 1. The minimum Gasteiger partial charge on any atom is -0.305 e. The summed E-state index contributed by atoms with van der Waals surface area (Å²) >= 11 is 2.78. The van der Waals surface area contributed by atoms with E-state index in [1.165, 1.54) is 23.1 Å². The molecule has 24 heavy (non-hydrogen) atoms. The van der Waals surface area contributed by atoms with Crippen LogP contribution in [0.3, 0.4) is 0 Å². The molecule has 0 bridgehead atoms. The van der Waals surface area contributed by atoms with E-state index in [1.54, 1.807) is 0 Å². The van der Waals surface area contributed by atoms with Gasteiger partial charge < -0.3 is 9.88 Å². The van der Waals surface area contributed by atoms with Gasteiger partial charge in [-0.1, -0.05) is 36.0 Å². The first-order valence-corrected chi connectivity index (χ1v) is 9.21. The van der Waals surface area contributed by atoms with E-state index in [1.807, 2.05) is 55.1 Å². The fraction of sp³-hybridized carbons (Fsp3) is 0.250. The van der Waals surface area contributed by atoms with Crippen molar-refractivity contribution in [2.45, 2.75) is 19.0 Å². The maximum atomic E-state index is 12.0. The van der Waals surface area contributed by atoms with Gasteiger partial charge in [-0.15, -0.1) is 21.5 Å². The zero-order valence-corrected chi connectivity index (χ0v) is 15.2. The third-order valence-electron chi connectivity index (χ3n) is 3.42. The summed E-state index contributed by atoms with van der Waals surface area (Å²) in [7, 11) is 1.91. The quantitative estimate of drug-likeness (QED) is 0.708. The number of hydrogen-bond donors (Lipinski definition) is 1. The molecule has 1 N–H and O–H groups in total. The van der Waals surface area contributed by atoms with E-state index in [9.17, 15) is 4.79 Å². The molecule has 1 aromatic carbocycles. The Morgan fingerprint density at radius 2 is 2.08 bits per heavy atom. The van der Waals surface area contributed by atoms with Gasteiger partial charge in [0.2, 0.25) is 5.91 Å². The molecule has 8 heteroatoms. The van der Waals surface area contributed by atoms with E-state index in [-0.39, 0.29) is 11.7 Å². The van der Waals surface area contributed by atoms with Crippen LogP contribution in [0.25, 0.3) is 11.4 Å². The van der Waals surface area contributed by atoms with Crippen LogP contribution in [-0.2, 0) is 11.8 Å². The molecule has 0 aliphatic carbocycles. The number of nitrogens with zero attached hydrogens (tertiary/aromatic N) is 4. The summed E-state index contributed by atoms with van der Waals surface area (Å²) in [5, 5.41) is 14.5. The van der Waals surface area contributed by atoms with Gasteiger partial charge in [-0.2, -0.15) is 0 Å². The number of thiazole rings is 1. The van der Waals surface area contributed by atoms with E-state index in [2.05, 4.69) is 20.5 Å². The highest BCUT2D eigenvalue weighted by molar-refractivity contribution is 7.99. The first-order valence-electron chi connectivity index (χ1n) is 7.35. The lowest BCUT2D eigenvalue weighted by atomic mass is 10.1. The molecule has 3 aromatic rings. The predicted octanol–water partition coefficient (Wildman–Crippen LogP) is 3.29. The molecule has 3 rings (SSSR count). The molecule has 0 unspecified atom stereocenters. The Hall–Kier alpha value is -2.19. The molecule has 0 spiro atoms. The molecule has 2 aromatic heterocycles. The van der Waals surface area contributed by atoms with E-state index >= 15 is 0 Å². The molecule has 124 valence electrons. The first-order chi connectivity index (χ1) is 11.5. The standard InChI is InChI=1S/C16H17N5OS2/c1-10-6-4-5-7-12(10)14-19-20-16(21(14)3)24-9-13(22)18-15-17-11(2)8-23-15/h4-8H,9H2,1-3H3,(H,17,18,22). The lowest BCUT2D eigenvalue weighted by Crippen LogP contribution is -2.14. The van der Waals surface area contributed by atoms with Crippen LogP contribution in [0.1, 0.15) is 11.3 Å². The Kier molecular flexibility index (Phi) is 4.96. The molecule has 1 amide bonds. The average Bonchev–Trinajstić information content (AvgIpc) is 3.12. The average molecular weight is 359 g/mol. The molecule has 0 saturated heterocycles. The largest absolute Gasteiger partial charge is 0.305 e. The SMILES string of the molecule is Cc1csc(NC(=O)CSc2nnc(-c3ccccc3C)n2C)n1. The number of anilines is 1. The highest BCUT2D eigenvalue weighted by Gasteiger charge is 2.14. The van der Waals surface area contributed by atoms with Gasteiger partial charge in [-0.3, -0.25) is 4.79 Å². The maximum Gasteiger partial charge on any atom is 0.236 e. The van der Waals surface area contributed by atoms with Crippen LogP contribution >= 0.6 is 23.1 Å². The Bertz CT molecular complexity index is 871. The summed E-state index contributed by atoms with van der Waals surface area (Å²) in [6.07, 6.45) is 0. The number of carbonyl (C=O) groups excluding carboxylic acids is 1. The molecule has 0 atom stereocenters. The Labute approximate surface area is 148 Å². The van der Waals surface area contributed by atoms with Crippen LogP contribution in [-0.4, -0.2) is 31.4 Å². The topological polar surface area (TPSA) is 72.7 Å². The van der Waals surface area contributed by atoms with E-state index < -0.39 is 0 Å². The second kappa shape index (κ2) is 7.14. The van der Waals surface area contributed by atoms with Crippen molar-refractivity contribution in [3.05, 3.63) is 40.9 Å². The molecular weight excluding hydrogens is 342 g/mol. The number of aryl methyl sites for hydroxylation is 2. The minimum absolute atomic E-state index is 0.102. The second-order valence-corrected chi connectivity index (χ2v) is 7.11. The molecule has 0 fully saturated rings. The van der Waals surface area contributed by atoms with Crippen LogP contribution in [0, 0.1) is 13.8 Å². The van der Waals surface area contributed by atoms with Gasteiger partial charge in [-0.25, -0.2) is 4.98 Å². The predicted molar refractivity (Wildman–Crippen MR) is 97.4 cm³/mol. The molecule has 2 heterocycles. The molecule has 0 saturated carbocycles. The highest BCUT2D eigenvalue weighted by Crippen LogP contribution is 2.25. The number of hydrogen-bond acceptors (Lipinski definition) is 6. The van der Waals surface area contributed by atoms with Gasteiger partial charge in [0.15, 0.2) is 16.1 Å². The van der Waals surface area contributed by atoms with Crippen molar-refractivity contribution in [1.82, 2.24) is 19.7 Å². The molecule has 0 aliphatic heterocycles. The fourth-order valence-electron chi connectivity index (χ4n) is 2.20. The van der Waals surface area contributed by atoms with Gasteiger partial charge in [0.25, 0.3) is 0 Å². The van der Waals surface area contributed by atoms with E-state index in [0.29, 0.717) is 10.3 Å². The monoisotopic (exact) mass is 359 g/mol. The normalized spacial score (nSPS) is 10.8. The van der Waals surface area contributed by atoms with Crippen molar-refractivity contribution in [1.29, 1.82) is 0 Å². The van der Waals surface area contributed by atoms with Gasteiger partial charge in [0, 0.05) is 18.0 Å². The summed E-state index contributed by atoms with van der Waals surface area (Å²) in [4.78, 5) is 16.2. The van der Waals surface area contributed by atoms with E-state index in [4.69, 9.17) is 0 Å². The summed E-state index contributed by atoms with van der Waals surface area (Å²) in [5.74, 6) is 0.958. The van der Waals surface area contributed by atoms with Crippen molar-refractivity contribution in [2.75, 3.05) is 11.1 Å². The fourth-order valence-corrected chi connectivity index (χ4v) is 3.61. The zero-order chi connectivity index (χ0) is 17.1. The van der Waals surface area contributed by atoms with Crippen LogP contribution in [0.5, 0.6) is 0 Å². The Morgan fingerprint density at radius 3 is 2.79 bits per heavy atom. The number of nitrogens with one attached hydrogen (secondary N) is 1. The number of carbonyl (C=O) groups is 1. The number of rotatable bonds is 5.